The Kier molecular flexibility index (Phi) is 16.1. The Balaban J connectivity index is 1.27. The van der Waals surface area contributed by atoms with Gasteiger partial charge in [0.2, 0.25) is 17.7 Å². The number of nitrogens with one attached hydrogen (secondary N) is 4. The fraction of sp³-hybridized carbons (Fsp3) is 0.571. The summed E-state index contributed by atoms with van der Waals surface area (Å²) in [5, 5.41) is 13.5. The number of thioether (sulfide) groups is 2. The highest BCUT2D eigenvalue weighted by Gasteiger charge is 2.36. The molecule has 10 nitrogen and oxygen atoms in total. The Morgan fingerprint density at radius 1 is 0.815 bits per heavy atom. The molecule has 292 valence electrons. The summed E-state index contributed by atoms with van der Waals surface area (Å²) < 4.78 is -0.111. The van der Waals surface area contributed by atoms with Crippen LogP contribution in [0.4, 0.5) is 0 Å². The molecule has 1 aliphatic carbocycles. The predicted molar refractivity (Wildman–Crippen MR) is 220 cm³/mol. The van der Waals surface area contributed by atoms with Crippen molar-refractivity contribution in [3.8, 4) is 0 Å². The van der Waals surface area contributed by atoms with Crippen LogP contribution < -0.4 is 21.3 Å². The summed E-state index contributed by atoms with van der Waals surface area (Å²) in [6.45, 7) is 8.37. The Morgan fingerprint density at radius 2 is 1.56 bits per heavy atom. The summed E-state index contributed by atoms with van der Waals surface area (Å²) >= 11 is 3.40. The van der Waals surface area contributed by atoms with E-state index in [0.717, 1.165) is 53.8 Å². The summed E-state index contributed by atoms with van der Waals surface area (Å²) in [7, 11) is 0. The van der Waals surface area contributed by atoms with E-state index in [9.17, 15) is 19.2 Å². The first-order chi connectivity index (χ1) is 26.1. The van der Waals surface area contributed by atoms with Gasteiger partial charge >= 0.3 is 0 Å². The number of rotatable bonds is 18. The van der Waals surface area contributed by atoms with Crippen molar-refractivity contribution in [3.05, 3.63) is 72.2 Å². The lowest BCUT2D eigenvalue weighted by atomic mass is 9.82. The summed E-state index contributed by atoms with van der Waals surface area (Å²) in [6, 6.07) is 15.3. The lowest BCUT2D eigenvalue weighted by molar-refractivity contribution is -0.133. The van der Waals surface area contributed by atoms with Gasteiger partial charge in [0.05, 0.1) is 22.3 Å². The van der Waals surface area contributed by atoms with Crippen LogP contribution in [0.15, 0.2) is 60.8 Å². The zero-order chi connectivity index (χ0) is 38.5. The highest BCUT2D eigenvalue weighted by molar-refractivity contribution is 8.20. The number of carbonyl (C=O) groups is 4. The minimum absolute atomic E-state index is 0.0259. The normalized spacial score (nSPS) is 18.0. The molecule has 1 unspecified atom stereocenters. The molecule has 0 spiro atoms. The molecule has 1 aromatic carbocycles. The fourth-order valence-corrected chi connectivity index (χ4v) is 10.5. The van der Waals surface area contributed by atoms with E-state index in [4.69, 9.17) is 0 Å². The third-order valence-corrected chi connectivity index (χ3v) is 14.1. The van der Waals surface area contributed by atoms with Crippen LogP contribution in [-0.2, 0) is 20.9 Å². The molecule has 54 heavy (non-hydrogen) atoms. The number of nitrogens with zero attached hydrogens (tertiary/aromatic N) is 2. The molecular weight excluding hydrogens is 717 g/mol. The van der Waals surface area contributed by atoms with Crippen LogP contribution in [-0.4, -0.2) is 67.8 Å². The van der Waals surface area contributed by atoms with Gasteiger partial charge in [0.25, 0.3) is 5.91 Å². The molecule has 0 bridgehead atoms. The molecule has 4 N–H and O–H groups in total. The van der Waals surface area contributed by atoms with Crippen LogP contribution in [0, 0.1) is 23.7 Å². The smallest absolute Gasteiger partial charge is 0.270 e. The SMILES string of the molecule is CC[C@@H](C)C(NC(=O)[C@@H](CC[C@H](CC1CCCCC1)NC(=O)[C@@H](NC(=O)c1ccc2ccccc2n1)C1SCCS1)C(C)C)C(=O)NCc1ccccn1. The molecule has 3 heterocycles. The molecular formula is C42H58N6O4S2. The van der Waals surface area contributed by atoms with Crippen molar-refractivity contribution in [1.82, 2.24) is 31.2 Å². The molecule has 5 rings (SSSR count). The molecule has 0 radical (unpaired) electrons. The maximum Gasteiger partial charge on any atom is 0.270 e. The van der Waals surface area contributed by atoms with E-state index >= 15 is 0 Å². The molecule has 2 aromatic heterocycles. The molecule has 3 aromatic rings. The van der Waals surface area contributed by atoms with E-state index < -0.39 is 12.1 Å². The third kappa shape index (κ3) is 11.9. The highest BCUT2D eigenvalue weighted by Crippen LogP contribution is 2.35. The first-order valence-corrected chi connectivity index (χ1v) is 21.9. The van der Waals surface area contributed by atoms with Gasteiger partial charge in [-0.2, -0.15) is 0 Å². The molecule has 1 saturated heterocycles. The van der Waals surface area contributed by atoms with Gasteiger partial charge in [-0.3, -0.25) is 24.2 Å². The number of amides is 4. The number of hydrogen-bond acceptors (Lipinski definition) is 8. The predicted octanol–water partition coefficient (Wildman–Crippen LogP) is 6.89. The average molecular weight is 775 g/mol. The molecule has 1 aliphatic heterocycles. The molecule has 2 fully saturated rings. The lowest BCUT2D eigenvalue weighted by Gasteiger charge is -2.31. The number of para-hydroxylation sites is 1. The van der Waals surface area contributed by atoms with E-state index in [2.05, 4.69) is 31.2 Å². The summed E-state index contributed by atoms with van der Waals surface area (Å²) in [6.07, 6.45) is 10.3. The van der Waals surface area contributed by atoms with E-state index in [1.165, 1.54) is 19.3 Å². The van der Waals surface area contributed by atoms with Gasteiger partial charge in [0.15, 0.2) is 0 Å². The molecule has 12 heteroatoms. The van der Waals surface area contributed by atoms with Crippen LogP contribution in [0.5, 0.6) is 0 Å². The van der Waals surface area contributed by atoms with E-state index in [0.29, 0.717) is 18.8 Å². The Hall–Kier alpha value is -3.64. The second-order valence-corrected chi connectivity index (χ2v) is 18.0. The van der Waals surface area contributed by atoms with Crippen molar-refractivity contribution in [2.45, 2.75) is 115 Å². The van der Waals surface area contributed by atoms with Crippen molar-refractivity contribution in [2.75, 3.05) is 11.5 Å². The van der Waals surface area contributed by atoms with Gasteiger partial charge in [-0.1, -0.05) is 96.6 Å². The number of benzene rings is 1. The van der Waals surface area contributed by atoms with Gasteiger partial charge in [-0.25, -0.2) is 4.98 Å². The van der Waals surface area contributed by atoms with Gasteiger partial charge < -0.3 is 21.3 Å². The van der Waals surface area contributed by atoms with Crippen molar-refractivity contribution in [2.24, 2.45) is 23.7 Å². The van der Waals surface area contributed by atoms with Crippen molar-refractivity contribution >= 4 is 58.1 Å². The third-order valence-electron chi connectivity index (χ3n) is 10.9. The summed E-state index contributed by atoms with van der Waals surface area (Å²) in [4.78, 5) is 64.2. The van der Waals surface area contributed by atoms with Crippen molar-refractivity contribution in [3.63, 3.8) is 0 Å². The van der Waals surface area contributed by atoms with Crippen LogP contribution in [0.25, 0.3) is 10.9 Å². The Labute approximate surface area is 329 Å². The number of pyridine rings is 2. The minimum Gasteiger partial charge on any atom is -0.352 e. The van der Waals surface area contributed by atoms with Crippen molar-refractivity contribution in [1.29, 1.82) is 0 Å². The summed E-state index contributed by atoms with van der Waals surface area (Å²) in [5.74, 6) is 1.03. The van der Waals surface area contributed by atoms with Gasteiger partial charge in [-0.15, -0.1) is 23.5 Å². The number of aromatic nitrogens is 2. The van der Waals surface area contributed by atoms with Crippen LogP contribution >= 0.6 is 23.5 Å². The van der Waals surface area contributed by atoms with Crippen molar-refractivity contribution < 1.29 is 19.2 Å². The van der Waals surface area contributed by atoms with Gasteiger partial charge in [0, 0.05) is 35.0 Å². The second-order valence-electron chi connectivity index (χ2n) is 15.2. The topological polar surface area (TPSA) is 142 Å². The highest BCUT2D eigenvalue weighted by atomic mass is 32.2. The fourth-order valence-electron chi connectivity index (χ4n) is 7.50. The molecule has 2 aliphatic rings. The maximum atomic E-state index is 14.3. The standard InChI is InChI=1S/C42H58N6O4S2/c1-5-28(4)36(40(51)44-26-32-16-11-12-22-43-32)47-38(49)33(27(2)3)20-19-31(25-29-13-7-6-8-14-29)45-41(52)37(42-53-23-24-54-42)48-39(50)35-21-18-30-15-9-10-17-34(30)46-35/h9-12,15-18,21-22,27-29,31,33,36-37,42H,5-8,13-14,19-20,23-26H2,1-4H3,(H,44,51)(H,45,52)(H,47,49)(H,48,50)/t28-,31-,33+,36?,37-/m1/s1. The number of fused-ring (bicyclic) bond motifs is 1. The molecule has 5 atom stereocenters. The first kappa shape index (κ1) is 41.5. The van der Waals surface area contributed by atoms with E-state index in [-0.39, 0.29) is 64.2 Å². The first-order valence-electron chi connectivity index (χ1n) is 19.8. The van der Waals surface area contributed by atoms with Gasteiger partial charge in [0.1, 0.15) is 17.8 Å². The van der Waals surface area contributed by atoms with Crippen LogP contribution in [0.1, 0.15) is 102 Å². The monoisotopic (exact) mass is 774 g/mol. The molecule has 4 amide bonds. The summed E-state index contributed by atoms with van der Waals surface area (Å²) in [5.41, 5.74) is 1.77. The van der Waals surface area contributed by atoms with Crippen LogP contribution in [0.2, 0.25) is 0 Å². The van der Waals surface area contributed by atoms with E-state index in [1.54, 1.807) is 35.8 Å². The Bertz CT molecular complexity index is 1680. The lowest BCUT2D eigenvalue weighted by Crippen LogP contribution is -2.54. The Morgan fingerprint density at radius 3 is 2.26 bits per heavy atom. The zero-order valence-electron chi connectivity index (χ0n) is 32.2. The van der Waals surface area contributed by atoms with Gasteiger partial charge in [-0.05, 0) is 61.3 Å². The maximum absolute atomic E-state index is 14.3. The second kappa shape index (κ2) is 20.9. The van der Waals surface area contributed by atoms with Crippen LogP contribution in [0.3, 0.4) is 0 Å². The average Bonchev–Trinajstić information content (AvgIpc) is 3.73. The zero-order valence-corrected chi connectivity index (χ0v) is 33.9. The minimum atomic E-state index is -0.734. The number of carbonyl (C=O) groups excluding carboxylic acids is 4. The quantitative estimate of drug-likeness (QED) is 0.110. The molecule has 1 saturated carbocycles. The largest absolute Gasteiger partial charge is 0.352 e. The number of hydrogen-bond donors (Lipinski definition) is 4. The van der Waals surface area contributed by atoms with E-state index in [1.807, 2.05) is 76.2 Å².